The fourth-order valence-electron chi connectivity index (χ4n) is 18.6. The molecular weight excluding hydrogens is 1740 g/mol. The van der Waals surface area contributed by atoms with Crippen LogP contribution in [0.1, 0.15) is 178 Å². The van der Waals surface area contributed by atoms with Crippen molar-refractivity contribution < 1.29 is 0 Å². The van der Waals surface area contributed by atoms with Crippen LogP contribution in [0.5, 0.6) is 0 Å². The summed E-state index contributed by atoms with van der Waals surface area (Å²) >= 11 is 6.43. The number of hydrogen-bond donors (Lipinski definition) is 0. The number of likely N-dealkylation sites (N-methyl/N-ethyl adjacent to an activating group) is 3. The fourth-order valence-corrected chi connectivity index (χ4v) is 18.8. The van der Waals surface area contributed by atoms with Crippen molar-refractivity contribution in [2.45, 2.75) is 169 Å². The number of aromatic nitrogens is 25. The summed E-state index contributed by atoms with van der Waals surface area (Å²) in [5.41, 5.74) is 24.5. The lowest BCUT2D eigenvalue weighted by molar-refractivity contribution is 0.566. The van der Waals surface area contributed by atoms with Crippen molar-refractivity contribution in [1.82, 2.24) is 133 Å². The first kappa shape index (κ1) is 92.8. The van der Waals surface area contributed by atoms with E-state index in [0.717, 1.165) is 150 Å². The van der Waals surface area contributed by atoms with E-state index in [9.17, 15) is 0 Å². The van der Waals surface area contributed by atoms with E-state index < -0.39 is 0 Å². The van der Waals surface area contributed by atoms with Gasteiger partial charge in [0, 0.05) is 165 Å². The number of anilines is 2. The number of amidine groups is 2. The maximum absolute atomic E-state index is 6.43. The highest BCUT2D eigenvalue weighted by Crippen LogP contribution is 2.53. The Morgan fingerprint density at radius 3 is 1.19 bits per heavy atom. The summed E-state index contributed by atoms with van der Waals surface area (Å²) in [6, 6.07) is 44.6. The van der Waals surface area contributed by atoms with Gasteiger partial charge in [-0.1, -0.05) is 135 Å². The predicted molar refractivity (Wildman–Crippen MR) is 544 cm³/mol. The van der Waals surface area contributed by atoms with Crippen LogP contribution in [0.4, 0.5) is 11.4 Å². The maximum atomic E-state index is 6.43. The van der Waals surface area contributed by atoms with Crippen LogP contribution in [0.15, 0.2) is 226 Å². The third-order valence-electron chi connectivity index (χ3n) is 25.6. The first-order valence-corrected chi connectivity index (χ1v) is 46.6. The molecule has 0 atom stereocenters. The number of nitrogens with zero attached hydrogens (tertiary/aromatic N) is 31. The number of pyridine rings is 2. The van der Waals surface area contributed by atoms with Gasteiger partial charge in [0.25, 0.3) is 35.7 Å². The number of halogens is 1. The van der Waals surface area contributed by atoms with Gasteiger partial charge in [-0.2, -0.15) is 75.4 Å². The lowest BCUT2D eigenvalue weighted by Crippen LogP contribution is -2.27. The summed E-state index contributed by atoms with van der Waals surface area (Å²) in [5, 5.41) is 30.9. The Kier molecular flexibility index (Phi) is 24.6. The molecular formula is C106H112ClN31. The molecule has 12 aromatic heterocycles. The molecule has 0 unspecified atom stereocenters. The lowest BCUT2D eigenvalue weighted by Gasteiger charge is -2.27. The van der Waals surface area contributed by atoms with Gasteiger partial charge in [-0.15, -0.1) is 0 Å². The number of aliphatic imine (C=N–C) groups is 2. The van der Waals surface area contributed by atoms with Crippen molar-refractivity contribution in [3.05, 3.63) is 324 Å². The minimum Gasteiger partial charge on any atom is -0.347 e. The zero-order valence-corrected chi connectivity index (χ0v) is 83.2. The monoisotopic (exact) mass is 1850 g/mol. The largest absolute Gasteiger partial charge is 0.347 e. The molecule has 0 N–H and O–H groups in total. The van der Waals surface area contributed by atoms with Gasteiger partial charge in [0.2, 0.25) is 0 Å². The van der Waals surface area contributed by atoms with Crippen LogP contribution in [0.2, 0.25) is 5.02 Å². The van der Waals surface area contributed by atoms with Crippen LogP contribution in [0.3, 0.4) is 0 Å². The van der Waals surface area contributed by atoms with Gasteiger partial charge in [0.15, 0.2) is 23.3 Å². The Labute approximate surface area is 808 Å². The molecule has 6 aliphatic heterocycles. The highest BCUT2D eigenvalue weighted by molar-refractivity contribution is 6.30. The number of hydrogen-bond acceptors (Lipinski definition) is 25. The summed E-state index contributed by atoms with van der Waals surface area (Å²) in [6.45, 7) is 44.5. The summed E-state index contributed by atoms with van der Waals surface area (Å²) in [4.78, 5) is 80.2. The van der Waals surface area contributed by atoms with Crippen molar-refractivity contribution in [2.24, 2.45) is 20.8 Å². The molecule has 138 heavy (non-hydrogen) atoms. The molecule has 0 aliphatic carbocycles. The zero-order valence-electron chi connectivity index (χ0n) is 82.5. The topological polar surface area (TPSA) is 312 Å². The van der Waals surface area contributed by atoms with E-state index in [1.807, 2.05) is 218 Å². The van der Waals surface area contributed by atoms with Crippen LogP contribution >= 0.6 is 11.6 Å². The number of fused-ring (bicyclic) bond motifs is 6. The second kappa shape index (κ2) is 36.5. The molecule has 32 heteroatoms. The van der Waals surface area contributed by atoms with Crippen LogP contribution < -0.4 is 9.80 Å². The van der Waals surface area contributed by atoms with Crippen molar-refractivity contribution in [1.29, 1.82) is 0 Å². The molecule has 31 nitrogen and oxygen atoms in total. The van der Waals surface area contributed by atoms with Gasteiger partial charge in [-0.05, 0) is 221 Å². The molecule has 21 rings (SSSR count). The number of allylic oxidation sites excluding steroid dienone is 8. The molecule has 0 saturated heterocycles. The molecule has 18 heterocycles. The smallest absolute Gasteiger partial charge is 0.256 e. The first-order valence-electron chi connectivity index (χ1n) is 46.2. The quantitative estimate of drug-likeness (QED) is 0.0920. The number of unbranched alkanes of at least 4 members (excludes halogenated alkanes) is 1. The molecule has 0 spiro atoms. The van der Waals surface area contributed by atoms with Gasteiger partial charge >= 0.3 is 0 Å². The van der Waals surface area contributed by atoms with Gasteiger partial charge in [0.05, 0.1) is 62.6 Å². The molecule has 3 aromatic carbocycles. The standard InChI is InChI=1S/C29H30N8.C28H33ClN8.C25H22N6.C24H27N9/c1-17-14-19(3)36(33-17)27-30-25(31-28(32-27)37-20(4)15-18(2)34-37)16-24-29(5,6)26-22-11-9-8-10-21(22)12-13-23(26)35(24)7;1-8-9-12-35-23-11-10-21(29)15-22(23)28(6,7)24(35)16-25-30-26(36-19(4)13-17(2)33-36)32-27(31-25)37-20(5)14-18(3)34-37;1-25(2)18-9-8-14-31(3)24(18)30-22(25)16-17-15-21(19-10-4-6-12-26-19)29-23(28-17)20-11-5-7-13-27-20;1-14-11-16(3)32(29-14)22-26-20(27-23(28-22)33-17(4)12-15(2)30-33)13-19-24(5,6)18-9-8-10-31(7)21(18)25-19/h8-16H,1-7H3;10-11,13-16H,8-9,12H2,1-7H3;4-16H,1-3H3;8-13H,1-7H3/b2*24-16-;22-16-;19-13-. The van der Waals surface area contributed by atoms with Gasteiger partial charge in [0.1, 0.15) is 17.4 Å². The Balaban J connectivity index is 0.000000122. The Morgan fingerprint density at radius 1 is 0.370 bits per heavy atom. The molecule has 0 radical (unpaired) electrons. The summed E-state index contributed by atoms with van der Waals surface area (Å²) < 4.78 is 10.5. The minimum absolute atomic E-state index is 0.227. The number of aryl methyl sites for hydroxylation is 12. The highest BCUT2D eigenvalue weighted by atomic mass is 35.5. The Bertz CT molecular complexity index is 7420. The van der Waals surface area contributed by atoms with E-state index in [0.29, 0.717) is 59.0 Å². The third kappa shape index (κ3) is 17.9. The van der Waals surface area contributed by atoms with E-state index in [1.165, 1.54) is 44.4 Å². The van der Waals surface area contributed by atoms with E-state index in [1.54, 1.807) is 40.5 Å². The second-order valence-corrected chi connectivity index (χ2v) is 38.2. The van der Waals surface area contributed by atoms with Crippen LogP contribution in [0.25, 0.3) is 93.7 Å². The van der Waals surface area contributed by atoms with Crippen LogP contribution in [-0.4, -0.2) is 173 Å². The average molecular weight is 1860 g/mol. The van der Waals surface area contributed by atoms with Crippen molar-refractivity contribution in [2.75, 3.05) is 37.5 Å². The Morgan fingerprint density at radius 2 is 0.775 bits per heavy atom. The summed E-state index contributed by atoms with van der Waals surface area (Å²) in [5.74, 6) is 6.88. The predicted octanol–water partition coefficient (Wildman–Crippen LogP) is 19.9. The normalized spacial score (nSPS) is 16.7. The summed E-state index contributed by atoms with van der Waals surface area (Å²) in [6.07, 6.45) is 26.2. The molecule has 698 valence electrons. The van der Waals surface area contributed by atoms with Crippen LogP contribution in [-0.2, 0) is 10.8 Å². The number of benzene rings is 3. The van der Waals surface area contributed by atoms with Gasteiger partial charge < -0.3 is 19.6 Å². The molecule has 0 amide bonds. The summed E-state index contributed by atoms with van der Waals surface area (Å²) in [7, 11) is 6.13. The van der Waals surface area contributed by atoms with Gasteiger partial charge in [-0.3, -0.25) is 9.97 Å². The third-order valence-corrected chi connectivity index (χ3v) is 25.8. The molecule has 0 bridgehead atoms. The fraction of sp³-hybridized carbons (Fsp3) is 0.292. The zero-order chi connectivity index (χ0) is 97.5. The van der Waals surface area contributed by atoms with E-state index >= 15 is 0 Å². The van der Waals surface area contributed by atoms with Crippen molar-refractivity contribution >= 4 is 69.7 Å². The lowest BCUT2D eigenvalue weighted by atomic mass is 9.81. The first-order chi connectivity index (χ1) is 65.9. The van der Waals surface area contributed by atoms with E-state index in [-0.39, 0.29) is 21.7 Å². The minimum atomic E-state index is -0.280. The van der Waals surface area contributed by atoms with E-state index in [4.69, 9.17) is 76.4 Å². The highest BCUT2D eigenvalue weighted by Gasteiger charge is 2.44. The molecule has 0 saturated carbocycles. The maximum Gasteiger partial charge on any atom is 0.256 e. The molecule has 15 aromatic rings. The number of rotatable bonds is 15. The Hall–Kier alpha value is -15.7. The second-order valence-electron chi connectivity index (χ2n) is 37.8. The van der Waals surface area contributed by atoms with Crippen molar-refractivity contribution in [3.63, 3.8) is 0 Å². The SMILES string of the molecule is CCCCN1/C(=C\c2nc(-n3nc(C)cc3C)nc(-n3nc(C)cc3C)n2)C(C)(C)c2cc(Cl)ccc21.CN1C=CC=C2C1=N/C(=C\c1cc(-c3ccccn3)nc(-c3ccccn3)n1)C2(C)C.Cc1cc(C)n(-c2nc(/C=C3\N(C)c4ccc5ccccc5c4C3(C)C)nc(-n3nc(C)cc3C)n2)n1.Cc1cc(C)n(-c2nc(/C=C3\N=C4C(=CC=CN4C)C3(C)C)nc(-n3nc(C)cc3C)n2)n1. The average Bonchev–Trinajstić information content (AvgIpc) is 1.59. The van der Waals surface area contributed by atoms with Gasteiger partial charge in [-0.25, -0.2) is 48.0 Å². The molecule has 0 fully saturated rings. The van der Waals surface area contributed by atoms with E-state index in [2.05, 4.69) is 204 Å². The molecule has 6 aliphatic rings. The van der Waals surface area contributed by atoms with Crippen molar-refractivity contribution in [3.8, 4) is 58.6 Å². The van der Waals surface area contributed by atoms with Crippen LogP contribution in [0, 0.1) is 93.9 Å².